The lowest BCUT2D eigenvalue weighted by atomic mass is 10.1. The number of amides is 1. The van der Waals surface area contributed by atoms with Gasteiger partial charge in [-0.05, 0) is 50.1 Å². The second-order valence-electron chi connectivity index (χ2n) is 6.27. The Morgan fingerprint density at radius 1 is 1.23 bits per heavy atom. The van der Waals surface area contributed by atoms with Gasteiger partial charge in [-0.2, -0.15) is 5.10 Å². The molecule has 0 aliphatic rings. The summed E-state index contributed by atoms with van der Waals surface area (Å²) >= 11 is 1.73. The molecule has 0 bridgehead atoms. The molecular formula is C20H22FN3OS. The Labute approximate surface area is 156 Å². The summed E-state index contributed by atoms with van der Waals surface area (Å²) in [6.07, 6.45) is 0.890. The van der Waals surface area contributed by atoms with E-state index in [4.69, 9.17) is 0 Å². The van der Waals surface area contributed by atoms with Crippen LogP contribution in [0.1, 0.15) is 39.2 Å². The molecule has 0 aliphatic carbocycles. The third-order valence-corrected chi connectivity index (χ3v) is 5.10. The van der Waals surface area contributed by atoms with Crippen LogP contribution in [0.3, 0.4) is 0 Å². The molecule has 6 heteroatoms. The van der Waals surface area contributed by atoms with Gasteiger partial charge in [0, 0.05) is 28.4 Å². The summed E-state index contributed by atoms with van der Waals surface area (Å²) in [4.78, 5) is 15.1. The smallest absolute Gasteiger partial charge is 0.269 e. The summed E-state index contributed by atoms with van der Waals surface area (Å²) in [5, 5.41) is 7.54. The predicted octanol–water partition coefficient (Wildman–Crippen LogP) is 4.71. The minimum atomic E-state index is -0.285. The number of carbonyl (C=O) groups excluding carboxylic acids is 1. The first-order chi connectivity index (χ1) is 12.5. The van der Waals surface area contributed by atoms with Gasteiger partial charge in [0.05, 0.1) is 5.69 Å². The molecular weight excluding hydrogens is 349 g/mol. The summed E-state index contributed by atoms with van der Waals surface area (Å²) < 4.78 is 14.8. The lowest BCUT2D eigenvalue weighted by molar-refractivity contribution is 0.0940. The van der Waals surface area contributed by atoms with Crippen molar-refractivity contribution in [1.82, 2.24) is 15.1 Å². The number of aromatic nitrogens is 2. The molecule has 0 fully saturated rings. The third-order valence-electron chi connectivity index (χ3n) is 4.13. The van der Waals surface area contributed by atoms with Gasteiger partial charge in [-0.3, -0.25) is 9.48 Å². The number of hydrogen-bond donors (Lipinski definition) is 1. The van der Waals surface area contributed by atoms with Crippen LogP contribution < -0.4 is 5.32 Å². The monoisotopic (exact) mass is 371 g/mol. The molecule has 2 heterocycles. The highest BCUT2D eigenvalue weighted by Gasteiger charge is 2.17. The van der Waals surface area contributed by atoms with Gasteiger partial charge >= 0.3 is 0 Å². The van der Waals surface area contributed by atoms with Gasteiger partial charge in [0.15, 0.2) is 0 Å². The Kier molecular flexibility index (Phi) is 5.52. The van der Waals surface area contributed by atoms with E-state index in [0.717, 1.165) is 23.2 Å². The fourth-order valence-corrected chi connectivity index (χ4v) is 3.81. The fourth-order valence-electron chi connectivity index (χ4n) is 2.87. The van der Waals surface area contributed by atoms with E-state index in [1.54, 1.807) is 28.2 Å². The number of rotatable bonds is 6. The maximum absolute atomic E-state index is 13.0. The highest BCUT2D eigenvalue weighted by molar-refractivity contribution is 7.12. The molecule has 0 saturated heterocycles. The lowest BCUT2D eigenvalue weighted by Crippen LogP contribution is -2.25. The maximum Gasteiger partial charge on any atom is 0.269 e. The van der Waals surface area contributed by atoms with Gasteiger partial charge in [0.1, 0.15) is 11.5 Å². The third kappa shape index (κ3) is 4.02. The maximum atomic E-state index is 13.0. The van der Waals surface area contributed by atoms with Crippen LogP contribution >= 0.6 is 11.3 Å². The van der Waals surface area contributed by atoms with Crippen molar-refractivity contribution in [3.05, 3.63) is 63.2 Å². The van der Waals surface area contributed by atoms with Crippen LogP contribution in [0.25, 0.3) is 11.3 Å². The molecule has 3 aromatic rings. The molecule has 0 saturated carbocycles. The Bertz CT molecular complexity index is 912. The average molecular weight is 371 g/mol. The summed E-state index contributed by atoms with van der Waals surface area (Å²) in [6.45, 7) is 7.23. The van der Waals surface area contributed by atoms with Crippen molar-refractivity contribution in [2.75, 3.05) is 0 Å². The van der Waals surface area contributed by atoms with E-state index < -0.39 is 0 Å². The van der Waals surface area contributed by atoms with Crippen molar-refractivity contribution in [3.8, 4) is 11.3 Å². The molecule has 1 N–H and O–H groups in total. The molecule has 3 rings (SSSR count). The van der Waals surface area contributed by atoms with Crippen LogP contribution in [0.5, 0.6) is 0 Å². The van der Waals surface area contributed by atoms with E-state index in [1.165, 1.54) is 21.9 Å². The van der Waals surface area contributed by atoms with Crippen LogP contribution in [-0.2, 0) is 13.1 Å². The van der Waals surface area contributed by atoms with Gasteiger partial charge < -0.3 is 5.32 Å². The van der Waals surface area contributed by atoms with Gasteiger partial charge in [0.25, 0.3) is 5.91 Å². The normalized spacial score (nSPS) is 10.9. The SMILES string of the molecule is CCCn1nc(-c2cc(C)sc2C)cc1C(=O)NCc1ccc(F)cc1. The van der Waals surface area contributed by atoms with Crippen LogP contribution in [0.4, 0.5) is 4.39 Å². The molecule has 1 amide bonds. The second-order valence-corrected chi connectivity index (χ2v) is 7.73. The van der Waals surface area contributed by atoms with Crippen LogP contribution in [0.15, 0.2) is 36.4 Å². The molecule has 0 aliphatic heterocycles. The highest BCUT2D eigenvalue weighted by Crippen LogP contribution is 2.30. The molecule has 2 aromatic heterocycles. The van der Waals surface area contributed by atoms with Crippen molar-refractivity contribution in [2.45, 2.75) is 40.3 Å². The number of carbonyl (C=O) groups is 1. The van der Waals surface area contributed by atoms with Crippen LogP contribution in [0.2, 0.25) is 0 Å². The van der Waals surface area contributed by atoms with E-state index >= 15 is 0 Å². The van der Waals surface area contributed by atoms with Gasteiger partial charge in [-0.1, -0.05) is 19.1 Å². The lowest BCUT2D eigenvalue weighted by Gasteiger charge is -2.07. The van der Waals surface area contributed by atoms with E-state index in [-0.39, 0.29) is 11.7 Å². The number of aryl methyl sites for hydroxylation is 3. The summed E-state index contributed by atoms with van der Waals surface area (Å²) in [5.74, 6) is -0.460. The summed E-state index contributed by atoms with van der Waals surface area (Å²) in [7, 11) is 0. The highest BCUT2D eigenvalue weighted by atomic mass is 32.1. The minimum Gasteiger partial charge on any atom is -0.347 e. The standard InChI is InChI=1S/C20H22FN3OS/c1-4-9-24-19(11-18(23-24)17-10-13(2)26-14(17)3)20(25)22-12-15-5-7-16(21)8-6-15/h5-8,10-11H,4,9,12H2,1-3H3,(H,22,25). The molecule has 0 spiro atoms. The molecule has 1 aromatic carbocycles. The Balaban J connectivity index is 1.82. The van der Waals surface area contributed by atoms with Crippen molar-refractivity contribution >= 4 is 17.2 Å². The zero-order chi connectivity index (χ0) is 18.7. The van der Waals surface area contributed by atoms with Gasteiger partial charge in [-0.15, -0.1) is 11.3 Å². The first kappa shape index (κ1) is 18.3. The zero-order valence-electron chi connectivity index (χ0n) is 15.2. The van der Waals surface area contributed by atoms with Crippen molar-refractivity contribution < 1.29 is 9.18 Å². The minimum absolute atomic E-state index is 0.175. The molecule has 4 nitrogen and oxygen atoms in total. The van der Waals surface area contributed by atoms with Crippen LogP contribution in [-0.4, -0.2) is 15.7 Å². The summed E-state index contributed by atoms with van der Waals surface area (Å²) in [5.41, 5.74) is 3.31. The quantitative estimate of drug-likeness (QED) is 0.682. The van der Waals surface area contributed by atoms with E-state index in [1.807, 2.05) is 6.07 Å². The van der Waals surface area contributed by atoms with Gasteiger partial charge in [0.2, 0.25) is 0 Å². The number of benzene rings is 1. The van der Waals surface area contributed by atoms with Gasteiger partial charge in [-0.25, -0.2) is 4.39 Å². The Morgan fingerprint density at radius 3 is 2.58 bits per heavy atom. The number of nitrogens with zero attached hydrogens (tertiary/aromatic N) is 2. The molecule has 0 atom stereocenters. The molecule has 26 heavy (non-hydrogen) atoms. The number of halogens is 1. The Hall–Kier alpha value is -2.47. The second kappa shape index (κ2) is 7.83. The van der Waals surface area contributed by atoms with Crippen molar-refractivity contribution in [1.29, 1.82) is 0 Å². The van der Waals surface area contributed by atoms with Crippen molar-refractivity contribution in [3.63, 3.8) is 0 Å². The van der Waals surface area contributed by atoms with E-state index in [2.05, 4.69) is 37.3 Å². The Morgan fingerprint density at radius 2 is 1.96 bits per heavy atom. The number of hydrogen-bond acceptors (Lipinski definition) is 3. The van der Waals surface area contributed by atoms with Crippen LogP contribution in [0, 0.1) is 19.7 Å². The molecule has 136 valence electrons. The number of thiophene rings is 1. The predicted molar refractivity (Wildman–Crippen MR) is 103 cm³/mol. The molecule has 0 radical (unpaired) electrons. The van der Waals surface area contributed by atoms with E-state index in [0.29, 0.717) is 18.8 Å². The first-order valence-corrected chi connectivity index (χ1v) is 9.47. The first-order valence-electron chi connectivity index (χ1n) is 8.66. The van der Waals surface area contributed by atoms with Crippen molar-refractivity contribution in [2.24, 2.45) is 0 Å². The fraction of sp³-hybridized carbons (Fsp3) is 0.300. The average Bonchev–Trinajstić information content (AvgIpc) is 3.17. The molecule has 0 unspecified atom stereocenters. The van der Waals surface area contributed by atoms with E-state index in [9.17, 15) is 9.18 Å². The summed E-state index contributed by atoms with van der Waals surface area (Å²) in [6, 6.07) is 10.1. The number of nitrogens with one attached hydrogen (secondary N) is 1. The largest absolute Gasteiger partial charge is 0.347 e. The zero-order valence-corrected chi connectivity index (χ0v) is 16.0. The topological polar surface area (TPSA) is 46.9 Å².